The second-order valence-electron chi connectivity index (χ2n) is 5.30. The molecule has 1 atom stereocenters. The Morgan fingerprint density at radius 3 is 2.65 bits per heavy atom. The first-order valence-corrected chi connectivity index (χ1v) is 7.01. The third kappa shape index (κ3) is 2.69. The Bertz CT molecular complexity index is 700. The summed E-state index contributed by atoms with van der Waals surface area (Å²) >= 11 is 0. The van der Waals surface area contributed by atoms with E-state index in [2.05, 4.69) is 0 Å². The second-order valence-corrected chi connectivity index (χ2v) is 5.30. The number of ether oxygens (including phenoxy) is 1. The van der Waals surface area contributed by atoms with Crippen molar-refractivity contribution in [3.05, 3.63) is 47.2 Å². The van der Waals surface area contributed by atoms with E-state index in [1.54, 1.807) is 12.1 Å². The van der Waals surface area contributed by atoms with E-state index in [1.807, 2.05) is 18.2 Å². The Kier molecular flexibility index (Phi) is 3.85. The molecule has 8 heteroatoms. The number of aliphatic carboxylic acids is 1. The molecule has 0 aliphatic carbocycles. The minimum Gasteiger partial charge on any atom is -0.477 e. The molecule has 1 fully saturated rings. The summed E-state index contributed by atoms with van der Waals surface area (Å²) in [6.45, 7) is 0.198. The standard InChI is InChI=1S/C15H15N3O5/c16-11-7-17-6-10(12(14(20)21)18(17)13(11)19)15(22)23-8-9-4-2-1-3-5-9/h1-5,11H,6-8,16H2,(H,20,21)/t11-/m1/s1. The number of nitrogens with two attached hydrogens (primary N) is 1. The number of fused-ring (bicyclic) bond motifs is 1. The summed E-state index contributed by atoms with van der Waals surface area (Å²) in [6, 6.07) is 8.25. The van der Waals surface area contributed by atoms with E-state index >= 15 is 0 Å². The van der Waals surface area contributed by atoms with Crippen molar-refractivity contribution >= 4 is 17.8 Å². The number of amides is 1. The summed E-state index contributed by atoms with van der Waals surface area (Å²) in [5.41, 5.74) is 5.99. The molecule has 0 unspecified atom stereocenters. The van der Waals surface area contributed by atoms with E-state index in [0.29, 0.717) is 0 Å². The summed E-state index contributed by atoms with van der Waals surface area (Å²) in [5, 5.41) is 11.7. The van der Waals surface area contributed by atoms with Gasteiger partial charge < -0.3 is 15.6 Å². The van der Waals surface area contributed by atoms with Gasteiger partial charge in [0.1, 0.15) is 12.6 Å². The molecule has 1 aromatic carbocycles. The maximum atomic E-state index is 12.2. The van der Waals surface area contributed by atoms with Crippen molar-refractivity contribution < 1.29 is 24.2 Å². The topological polar surface area (TPSA) is 113 Å². The molecule has 2 aliphatic rings. The van der Waals surface area contributed by atoms with Crippen molar-refractivity contribution in [2.75, 3.05) is 13.1 Å². The minimum atomic E-state index is -1.36. The fraction of sp³-hybridized carbons (Fsp3) is 0.267. The summed E-state index contributed by atoms with van der Waals surface area (Å²) < 4.78 is 5.16. The summed E-state index contributed by atoms with van der Waals surface area (Å²) in [7, 11) is 0. The van der Waals surface area contributed by atoms with Crippen LogP contribution < -0.4 is 5.73 Å². The molecule has 0 bridgehead atoms. The monoisotopic (exact) mass is 317 g/mol. The number of carboxylic acids is 1. The first-order chi connectivity index (χ1) is 11.0. The molecule has 1 saturated heterocycles. The van der Waals surface area contributed by atoms with Gasteiger partial charge in [-0.2, -0.15) is 0 Å². The van der Waals surface area contributed by atoms with Gasteiger partial charge in [-0.1, -0.05) is 30.3 Å². The van der Waals surface area contributed by atoms with Crippen LogP contribution in [0.2, 0.25) is 0 Å². The third-order valence-electron chi connectivity index (χ3n) is 3.72. The number of benzene rings is 1. The highest BCUT2D eigenvalue weighted by atomic mass is 16.5. The minimum absolute atomic E-state index is 0.00526. The van der Waals surface area contributed by atoms with Gasteiger partial charge in [0, 0.05) is 6.54 Å². The van der Waals surface area contributed by atoms with Crippen LogP contribution in [0.3, 0.4) is 0 Å². The number of carboxylic acid groups (broad SMARTS) is 1. The van der Waals surface area contributed by atoms with Gasteiger partial charge in [-0.05, 0) is 5.56 Å². The van der Waals surface area contributed by atoms with Crippen LogP contribution in [0.1, 0.15) is 5.56 Å². The lowest BCUT2D eigenvalue weighted by atomic mass is 10.2. The van der Waals surface area contributed by atoms with Gasteiger partial charge in [-0.3, -0.25) is 4.79 Å². The highest BCUT2D eigenvalue weighted by Crippen LogP contribution is 2.29. The van der Waals surface area contributed by atoms with E-state index in [9.17, 15) is 19.5 Å². The van der Waals surface area contributed by atoms with Crippen LogP contribution in [0, 0.1) is 0 Å². The van der Waals surface area contributed by atoms with Crippen LogP contribution in [0.4, 0.5) is 0 Å². The molecule has 23 heavy (non-hydrogen) atoms. The zero-order valence-corrected chi connectivity index (χ0v) is 12.1. The maximum Gasteiger partial charge on any atom is 0.354 e. The number of esters is 1. The Balaban J connectivity index is 1.79. The summed E-state index contributed by atoms with van der Waals surface area (Å²) in [4.78, 5) is 35.6. The van der Waals surface area contributed by atoms with E-state index in [0.717, 1.165) is 10.6 Å². The zero-order chi connectivity index (χ0) is 16.6. The van der Waals surface area contributed by atoms with Crippen LogP contribution in [-0.2, 0) is 25.7 Å². The number of hydrogen-bond donors (Lipinski definition) is 2. The second kappa shape index (κ2) is 5.82. The van der Waals surface area contributed by atoms with Crippen molar-refractivity contribution in [3.8, 4) is 0 Å². The number of hydrogen-bond acceptors (Lipinski definition) is 6. The van der Waals surface area contributed by atoms with Gasteiger partial charge in [0.15, 0.2) is 5.70 Å². The third-order valence-corrected chi connectivity index (χ3v) is 3.72. The summed E-state index contributed by atoms with van der Waals surface area (Å²) in [6.07, 6.45) is 0. The van der Waals surface area contributed by atoms with Crippen molar-refractivity contribution in [1.29, 1.82) is 0 Å². The van der Waals surface area contributed by atoms with Gasteiger partial charge in [0.25, 0.3) is 5.91 Å². The predicted octanol–water partition coefficient (Wildman–Crippen LogP) is -0.531. The normalized spacial score (nSPS) is 20.8. The number of rotatable bonds is 4. The molecule has 3 rings (SSSR count). The predicted molar refractivity (Wildman–Crippen MR) is 77.3 cm³/mol. The van der Waals surface area contributed by atoms with Crippen LogP contribution >= 0.6 is 0 Å². The average Bonchev–Trinajstić information content (AvgIpc) is 3.03. The van der Waals surface area contributed by atoms with Crippen LogP contribution in [0.15, 0.2) is 41.6 Å². The van der Waals surface area contributed by atoms with Gasteiger partial charge in [0.2, 0.25) is 0 Å². The Labute approximate surface area is 131 Å². The van der Waals surface area contributed by atoms with E-state index in [1.165, 1.54) is 5.01 Å². The first-order valence-electron chi connectivity index (χ1n) is 7.01. The van der Waals surface area contributed by atoms with Crippen molar-refractivity contribution in [2.45, 2.75) is 12.6 Å². The molecule has 0 radical (unpaired) electrons. The molecular weight excluding hydrogens is 302 g/mol. The van der Waals surface area contributed by atoms with Gasteiger partial charge in [0.05, 0.1) is 12.1 Å². The quantitative estimate of drug-likeness (QED) is 0.718. The van der Waals surface area contributed by atoms with Crippen LogP contribution in [-0.4, -0.2) is 52.1 Å². The van der Waals surface area contributed by atoms with Gasteiger partial charge >= 0.3 is 11.9 Å². The lowest BCUT2D eigenvalue weighted by Crippen LogP contribution is -2.37. The highest BCUT2D eigenvalue weighted by molar-refractivity contribution is 6.04. The highest BCUT2D eigenvalue weighted by Gasteiger charge is 2.48. The van der Waals surface area contributed by atoms with E-state index in [4.69, 9.17) is 10.5 Å². The Morgan fingerprint density at radius 1 is 1.30 bits per heavy atom. The molecule has 2 heterocycles. The fourth-order valence-corrected chi connectivity index (χ4v) is 2.65. The molecule has 2 aliphatic heterocycles. The molecule has 3 N–H and O–H groups in total. The molecule has 1 aromatic rings. The van der Waals surface area contributed by atoms with E-state index in [-0.39, 0.29) is 31.0 Å². The molecule has 0 saturated carbocycles. The SMILES string of the molecule is N[C@@H]1CN2CC(C(=O)OCc3ccccc3)=C(C(=O)O)N2C1=O. The fourth-order valence-electron chi connectivity index (χ4n) is 2.65. The van der Waals surface area contributed by atoms with Crippen molar-refractivity contribution in [1.82, 2.24) is 10.0 Å². The van der Waals surface area contributed by atoms with Crippen LogP contribution in [0.25, 0.3) is 0 Å². The molecule has 1 amide bonds. The number of carbonyl (C=O) groups is 3. The number of carbonyl (C=O) groups excluding carboxylic acids is 2. The van der Waals surface area contributed by atoms with Gasteiger partial charge in [-0.15, -0.1) is 0 Å². The number of hydrazine groups is 1. The largest absolute Gasteiger partial charge is 0.477 e. The molecule has 0 aromatic heterocycles. The lowest BCUT2D eigenvalue weighted by molar-refractivity contribution is -0.143. The lowest BCUT2D eigenvalue weighted by Gasteiger charge is -2.18. The average molecular weight is 317 g/mol. The van der Waals surface area contributed by atoms with E-state index < -0.39 is 23.9 Å². The van der Waals surface area contributed by atoms with Gasteiger partial charge in [-0.25, -0.2) is 19.6 Å². The van der Waals surface area contributed by atoms with Crippen molar-refractivity contribution in [2.24, 2.45) is 5.73 Å². The smallest absolute Gasteiger partial charge is 0.354 e. The molecular formula is C15H15N3O5. The summed E-state index contributed by atoms with van der Waals surface area (Å²) in [5.74, 6) is -2.64. The van der Waals surface area contributed by atoms with Crippen molar-refractivity contribution in [3.63, 3.8) is 0 Å². The Hall–Kier alpha value is -2.71. The maximum absolute atomic E-state index is 12.2. The molecule has 120 valence electrons. The molecule has 0 spiro atoms. The molecule has 8 nitrogen and oxygen atoms in total. The van der Waals surface area contributed by atoms with Crippen LogP contribution in [0.5, 0.6) is 0 Å². The zero-order valence-electron chi connectivity index (χ0n) is 12.1. The Morgan fingerprint density at radius 2 is 2.00 bits per heavy atom. The first kappa shape index (κ1) is 15.2. The number of nitrogens with zero attached hydrogens (tertiary/aromatic N) is 2.